The Kier molecular flexibility index (Phi) is 6.09. The van der Waals surface area contributed by atoms with Crippen molar-refractivity contribution in [1.82, 2.24) is 4.90 Å². The van der Waals surface area contributed by atoms with Gasteiger partial charge in [-0.05, 0) is 44.7 Å². The molecule has 0 fully saturated rings. The first kappa shape index (κ1) is 15.2. The van der Waals surface area contributed by atoms with Crippen LogP contribution in [0.25, 0.3) is 6.08 Å². The lowest BCUT2D eigenvalue weighted by molar-refractivity contribution is -0.131. The SMILES string of the molecule is CC(C)N(C)CCOc1cccc(C=CC(=O)O)c1. The minimum absolute atomic E-state index is 0.494. The summed E-state index contributed by atoms with van der Waals surface area (Å²) in [4.78, 5) is 12.6. The maximum absolute atomic E-state index is 10.4. The van der Waals surface area contributed by atoms with E-state index in [-0.39, 0.29) is 0 Å². The van der Waals surface area contributed by atoms with Crippen LogP contribution < -0.4 is 4.74 Å². The second-order valence-electron chi connectivity index (χ2n) is 4.67. The lowest BCUT2D eigenvalue weighted by atomic mass is 10.2. The molecular formula is C15H21NO3. The summed E-state index contributed by atoms with van der Waals surface area (Å²) >= 11 is 0. The molecule has 0 atom stereocenters. The number of benzene rings is 1. The number of hydrogen-bond acceptors (Lipinski definition) is 3. The summed E-state index contributed by atoms with van der Waals surface area (Å²) in [6.07, 6.45) is 2.67. The van der Waals surface area contributed by atoms with Gasteiger partial charge in [0, 0.05) is 18.7 Å². The third-order valence-corrected chi connectivity index (χ3v) is 2.87. The molecule has 104 valence electrons. The zero-order chi connectivity index (χ0) is 14.3. The van der Waals surface area contributed by atoms with Crippen LogP contribution in [0.3, 0.4) is 0 Å². The highest BCUT2D eigenvalue weighted by atomic mass is 16.5. The van der Waals surface area contributed by atoms with Crippen LogP contribution in [0.2, 0.25) is 0 Å². The molecule has 1 aromatic carbocycles. The van der Waals surface area contributed by atoms with E-state index in [0.717, 1.165) is 23.9 Å². The summed E-state index contributed by atoms with van der Waals surface area (Å²) in [5.41, 5.74) is 0.817. The van der Waals surface area contributed by atoms with E-state index in [2.05, 4.69) is 25.8 Å². The molecule has 4 heteroatoms. The maximum Gasteiger partial charge on any atom is 0.328 e. The van der Waals surface area contributed by atoms with Crippen LogP contribution in [0.4, 0.5) is 0 Å². The van der Waals surface area contributed by atoms with Crippen molar-refractivity contribution in [2.45, 2.75) is 19.9 Å². The Labute approximate surface area is 114 Å². The fourth-order valence-corrected chi connectivity index (χ4v) is 1.44. The van der Waals surface area contributed by atoms with Gasteiger partial charge in [-0.15, -0.1) is 0 Å². The third-order valence-electron chi connectivity index (χ3n) is 2.87. The minimum atomic E-state index is -0.954. The van der Waals surface area contributed by atoms with Crippen LogP contribution in [-0.4, -0.2) is 42.2 Å². The van der Waals surface area contributed by atoms with Crippen molar-refractivity contribution in [3.63, 3.8) is 0 Å². The summed E-state index contributed by atoms with van der Waals surface area (Å²) < 4.78 is 5.65. The first-order valence-corrected chi connectivity index (χ1v) is 6.33. The first-order chi connectivity index (χ1) is 8.99. The summed E-state index contributed by atoms with van der Waals surface area (Å²) in [7, 11) is 2.06. The van der Waals surface area contributed by atoms with E-state index >= 15 is 0 Å². The fraction of sp³-hybridized carbons (Fsp3) is 0.400. The van der Waals surface area contributed by atoms with Crippen LogP contribution in [0.5, 0.6) is 5.75 Å². The Morgan fingerprint density at radius 3 is 2.84 bits per heavy atom. The average Bonchev–Trinajstić information content (AvgIpc) is 2.36. The van der Waals surface area contributed by atoms with Gasteiger partial charge in [-0.2, -0.15) is 0 Å². The maximum atomic E-state index is 10.4. The van der Waals surface area contributed by atoms with Gasteiger partial charge in [0.05, 0.1) is 0 Å². The van der Waals surface area contributed by atoms with Gasteiger partial charge in [0.15, 0.2) is 0 Å². The molecule has 0 aromatic heterocycles. The van der Waals surface area contributed by atoms with E-state index in [0.29, 0.717) is 12.6 Å². The van der Waals surface area contributed by atoms with Crippen molar-refractivity contribution in [1.29, 1.82) is 0 Å². The lowest BCUT2D eigenvalue weighted by Gasteiger charge is -2.20. The van der Waals surface area contributed by atoms with E-state index in [1.807, 2.05) is 24.3 Å². The molecule has 1 rings (SSSR count). The van der Waals surface area contributed by atoms with E-state index < -0.39 is 5.97 Å². The van der Waals surface area contributed by atoms with E-state index in [1.165, 1.54) is 0 Å². The normalized spacial score (nSPS) is 11.4. The molecule has 0 spiro atoms. The number of carbonyl (C=O) groups is 1. The summed E-state index contributed by atoms with van der Waals surface area (Å²) in [6.45, 7) is 5.74. The molecule has 0 aliphatic carbocycles. The zero-order valence-corrected chi connectivity index (χ0v) is 11.7. The molecule has 0 amide bonds. The van der Waals surface area contributed by atoms with E-state index in [9.17, 15) is 4.79 Å². The first-order valence-electron chi connectivity index (χ1n) is 6.33. The highest BCUT2D eigenvalue weighted by Crippen LogP contribution is 2.14. The van der Waals surface area contributed by atoms with Crippen LogP contribution in [0.15, 0.2) is 30.3 Å². The monoisotopic (exact) mass is 263 g/mol. The number of ether oxygens (including phenoxy) is 1. The van der Waals surface area contributed by atoms with Crippen molar-refractivity contribution in [2.24, 2.45) is 0 Å². The predicted octanol–water partition coefficient (Wildman–Crippen LogP) is 2.50. The molecule has 4 nitrogen and oxygen atoms in total. The van der Waals surface area contributed by atoms with Gasteiger partial charge in [-0.3, -0.25) is 0 Å². The summed E-state index contributed by atoms with van der Waals surface area (Å²) in [6, 6.07) is 7.88. The molecule has 0 heterocycles. The third kappa shape index (κ3) is 6.06. The number of carboxylic acid groups (broad SMARTS) is 1. The zero-order valence-electron chi connectivity index (χ0n) is 11.7. The van der Waals surface area contributed by atoms with Gasteiger partial charge in [0.1, 0.15) is 12.4 Å². The Morgan fingerprint density at radius 2 is 2.21 bits per heavy atom. The van der Waals surface area contributed by atoms with Crippen LogP contribution in [0.1, 0.15) is 19.4 Å². The second-order valence-corrected chi connectivity index (χ2v) is 4.67. The number of likely N-dealkylation sites (N-methyl/N-ethyl adjacent to an activating group) is 1. The van der Waals surface area contributed by atoms with Gasteiger partial charge >= 0.3 is 5.97 Å². The summed E-state index contributed by atoms with van der Waals surface area (Å²) in [5, 5.41) is 8.57. The fourth-order valence-electron chi connectivity index (χ4n) is 1.44. The molecule has 0 aliphatic rings. The molecule has 0 aliphatic heterocycles. The topological polar surface area (TPSA) is 49.8 Å². The number of rotatable bonds is 7. The highest BCUT2D eigenvalue weighted by Gasteiger charge is 2.03. The van der Waals surface area contributed by atoms with Crippen molar-refractivity contribution in [3.8, 4) is 5.75 Å². The van der Waals surface area contributed by atoms with Crippen molar-refractivity contribution < 1.29 is 14.6 Å². The lowest BCUT2D eigenvalue weighted by Crippen LogP contribution is -2.30. The summed E-state index contributed by atoms with van der Waals surface area (Å²) in [5.74, 6) is -0.199. The average molecular weight is 263 g/mol. The molecule has 1 N–H and O–H groups in total. The molecule has 0 radical (unpaired) electrons. The van der Waals surface area contributed by atoms with E-state index in [1.54, 1.807) is 6.08 Å². The van der Waals surface area contributed by atoms with Crippen molar-refractivity contribution in [2.75, 3.05) is 20.2 Å². The quantitative estimate of drug-likeness (QED) is 0.768. The molecule has 1 aromatic rings. The highest BCUT2D eigenvalue weighted by molar-refractivity contribution is 5.85. The number of hydrogen-bond donors (Lipinski definition) is 1. The molecule has 0 saturated heterocycles. The van der Waals surface area contributed by atoms with Crippen molar-refractivity contribution in [3.05, 3.63) is 35.9 Å². The number of aliphatic carboxylic acids is 1. The predicted molar refractivity (Wildman–Crippen MR) is 76.4 cm³/mol. The Bertz CT molecular complexity index is 441. The molecular weight excluding hydrogens is 242 g/mol. The van der Waals surface area contributed by atoms with Gasteiger partial charge in [0.2, 0.25) is 0 Å². The Hall–Kier alpha value is -1.81. The second kappa shape index (κ2) is 7.59. The molecule has 19 heavy (non-hydrogen) atoms. The smallest absolute Gasteiger partial charge is 0.328 e. The van der Waals surface area contributed by atoms with Crippen LogP contribution >= 0.6 is 0 Å². The van der Waals surface area contributed by atoms with Gasteiger partial charge in [0.25, 0.3) is 0 Å². The van der Waals surface area contributed by atoms with Crippen LogP contribution in [0, 0.1) is 0 Å². The minimum Gasteiger partial charge on any atom is -0.492 e. The standard InChI is InChI=1S/C15H21NO3/c1-12(2)16(3)9-10-19-14-6-4-5-13(11-14)7-8-15(17)18/h4-8,11-12H,9-10H2,1-3H3,(H,17,18). The molecule has 0 bridgehead atoms. The number of nitrogens with zero attached hydrogens (tertiary/aromatic N) is 1. The van der Waals surface area contributed by atoms with Gasteiger partial charge in [-0.25, -0.2) is 4.79 Å². The van der Waals surface area contributed by atoms with E-state index in [4.69, 9.17) is 9.84 Å². The largest absolute Gasteiger partial charge is 0.492 e. The Morgan fingerprint density at radius 1 is 1.47 bits per heavy atom. The Balaban J connectivity index is 2.51. The van der Waals surface area contributed by atoms with Crippen molar-refractivity contribution >= 4 is 12.0 Å². The molecule has 0 saturated carbocycles. The molecule has 0 unspecified atom stereocenters. The van der Waals surface area contributed by atoms with Crippen LogP contribution in [-0.2, 0) is 4.79 Å². The van der Waals surface area contributed by atoms with Gasteiger partial charge in [-0.1, -0.05) is 12.1 Å². The number of carboxylic acids is 1. The van der Waals surface area contributed by atoms with Gasteiger partial charge < -0.3 is 14.7 Å².